The van der Waals surface area contributed by atoms with E-state index in [1.165, 1.54) is 12.0 Å². The van der Waals surface area contributed by atoms with Crippen molar-refractivity contribution in [2.24, 2.45) is 0 Å². The number of methoxy groups -OCH3 is 1. The number of anilines is 1. The first kappa shape index (κ1) is 21.3. The molecule has 4 rings (SSSR count). The zero-order chi connectivity index (χ0) is 22.8. The number of nitriles is 1. The molecule has 1 atom stereocenters. The third kappa shape index (κ3) is 3.63. The second-order valence-electron chi connectivity index (χ2n) is 6.96. The average Bonchev–Trinajstić information content (AvgIpc) is 3.09. The van der Waals surface area contributed by atoms with Gasteiger partial charge in [-0.1, -0.05) is 6.07 Å². The molecule has 2 heterocycles. The number of aromatic nitrogens is 1. The van der Waals surface area contributed by atoms with E-state index in [-0.39, 0.29) is 11.3 Å². The Bertz CT molecular complexity index is 1280. The summed E-state index contributed by atoms with van der Waals surface area (Å²) in [4.78, 5) is 31.6. The molecule has 8 heteroatoms. The molecule has 1 aliphatic rings. The number of benzene rings is 2. The smallest absolute Gasteiger partial charge is 0.300 e. The Morgan fingerprint density at radius 1 is 1.19 bits per heavy atom. The number of amides is 1. The van der Waals surface area contributed by atoms with Crippen molar-refractivity contribution < 1.29 is 19.4 Å². The number of carbonyl (C=O) groups excluding carboxylic acids is 2. The highest BCUT2D eigenvalue weighted by atomic mass is 79.9. The highest BCUT2D eigenvalue weighted by molar-refractivity contribution is 9.10. The quantitative estimate of drug-likeness (QED) is 0.331. The first-order valence-electron chi connectivity index (χ1n) is 9.51. The topological polar surface area (TPSA) is 104 Å². The maximum absolute atomic E-state index is 13.1. The zero-order valence-corrected chi connectivity index (χ0v) is 18.4. The van der Waals surface area contributed by atoms with Gasteiger partial charge in [0.1, 0.15) is 11.5 Å². The minimum absolute atomic E-state index is 0.0515. The summed E-state index contributed by atoms with van der Waals surface area (Å²) in [7, 11) is 1.52. The van der Waals surface area contributed by atoms with Gasteiger partial charge in [0.25, 0.3) is 11.7 Å². The van der Waals surface area contributed by atoms with Gasteiger partial charge < -0.3 is 9.84 Å². The molecule has 0 aliphatic carbocycles. The number of Topliss-reactive ketones (excluding diaryl/α,β-unsaturated/α-hetero) is 1. The summed E-state index contributed by atoms with van der Waals surface area (Å²) in [6, 6.07) is 15.7. The van der Waals surface area contributed by atoms with Crippen molar-refractivity contribution in [1.82, 2.24) is 4.98 Å². The summed E-state index contributed by atoms with van der Waals surface area (Å²) in [5.41, 5.74) is 1.71. The van der Waals surface area contributed by atoms with Crippen molar-refractivity contribution in [2.75, 3.05) is 12.0 Å². The molecule has 0 radical (unpaired) electrons. The van der Waals surface area contributed by atoms with Crippen molar-refractivity contribution in [3.8, 4) is 11.8 Å². The highest BCUT2D eigenvalue weighted by Gasteiger charge is 2.47. The SMILES string of the molecule is COc1ccc(/C(O)=C2/C(=O)C(=O)N(c3ccc(C#N)cc3)C2c2cccnc2)cc1Br. The van der Waals surface area contributed by atoms with Gasteiger partial charge in [-0.2, -0.15) is 5.26 Å². The molecule has 2 aromatic carbocycles. The fraction of sp³-hybridized carbons (Fsp3) is 0.0833. The Morgan fingerprint density at radius 3 is 2.53 bits per heavy atom. The van der Waals surface area contributed by atoms with Gasteiger partial charge in [-0.05, 0) is 70.0 Å². The maximum Gasteiger partial charge on any atom is 0.300 e. The molecule has 32 heavy (non-hydrogen) atoms. The van der Waals surface area contributed by atoms with Gasteiger partial charge in [-0.15, -0.1) is 0 Å². The molecule has 0 saturated carbocycles. The van der Waals surface area contributed by atoms with Gasteiger partial charge in [0.2, 0.25) is 0 Å². The van der Waals surface area contributed by atoms with Crippen LogP contribution in [0.3, 0.4) is 0 Å². The van der Waals surface area contributed by atoms with Crippen LogP contribution < -0.4 is 9.64 Å². The lowest BCUT2D eigenvalue weighted by molar-refractivity contribution is -0.132. The molecule has 1 unspecified atom stereocenters. The molecule has 1 amide bonds. The normalized spacial score (nSPS) is 17.3. The zero-order valence-electron chi connectivity index (χ0n) is 16.8. The fourth-order valence-corrected chi connectivity index (χ4v) is 4.16. The molecule has 0 bridgehead atoms. The number of aliphatic hydroxyl groups excluding tert-OH is 1. The molecular formula is C24H16BrN3O4. The van der Waals surface area contributed by atoms with Crippen molar-refractivity contribution in [2.45, 2.75) is 6.04 Å². The number of hydrogen-bond acceptors (Lipinski definition) is 6. The van der Waals surface area contributed by atoms with Gasteiger partial charge in [0.05, 0.1) is 34.8 Å². The first-order chi connectivity index (χ1) is 15.5. The minimum atomic E-state index is -0.891. The number of nitrogens with zero attached hydrogens (tertiary/aromatic N) is 3. The first-order valence-corrected chi connectivity index (χ1v) is 10.3. The van der Waals surface area contributed by atoms with E-state index in [0.717, 1.165) is 0 Å². The van der Waals surface area contributed by atoms with E-state index in [2.05, 4.69) is 20.9 Å². The molecule has 1 fully saturated rings. The predicted octanol–water partition coefficient (Wildman–Crippen LogP) is 4.35. The van der Waals surface area contributed by atoms with Crippen LogP contribution in [0.2, 0.25) is 0 Å². The van der Waals surface area contributed by atoms with E-state index >= 15 is 0 Å². The van der Waals surface area contributed by atoms with E-state index < -0.39 is 17.7 Å². The number of carbonyl (C=O) groups is 2. The van der Waals surface area contributed by atoms with E-state index in [4.69, 9.17) is 10.00 Å². The Morgan fingerprint density at radius 2 is 1.94 bits per heavy atom. The lowest BCUT2D eigenvalue weighted by Gasteiger charge is -2.25. The standard InChI is InChI=1S/C24H16BrN3O4/c1-32-19-9-6-15(11-18(19)25)22(29)20-21(16-3-2-10-27-13-16)28(24(31)23(20)30)17-7-4-14(12-26)5-8-17/h2-11,13,21,29H,1H3/b22-20-. The van der Waals surface area contributed by atoms with Gasteiger partial charge in [0.15, 0.2) is 0 Å². The third-order valence-electron chi connectivity index (χ3n) is 5.14. The maximum atomic E-state index is 13.1. The molecule has 3 aromatic rings. The Hall–Kier alpha value is -3.96. The minimum Gasteiger partial charge on any atom is -0.507 e. The second-order valence-corrected chi connectivity index (χ2v) is 7.82. The number of pyridine rings is 1. The van der Waals surface area contributed by atoms with E-state index in [1.54, 1.807) is 67.0 Å². The monoisotopic (exact) mass is 489 g/mol. The number of halogens is 1. The largest absolute Gasteiger partial charge is 0.507 e. The molecule has 1 N–H and O–H groups in total. The van der Waals surface area contributed by atoms with E-state index in [1.807, 2.05) is 6.07 Å². The second kappa shape index (κ2) is 8.65. The van der Waals surface area contributed by atoms with Crippen LogP contribution in [-0.2, 0) is 9.59 Å². The number of ketones is 1. The predicted molar refractivity (Wildman–Crippen MR) is 121 cm³/mol. The molecular weight excluding hydrogens is 474 g/mol. The molecule has 7 nitrogen and oxygen atoms in total. The van der Waals surface area contributed by atoms with E-state index in [0.29, 0.717) is 32.6 Å². The van der Waals surface area contributed by atoms with Crippen molar-refractivity contribution in [1.29, 1.82) is 5.26 Å². The van der Waals surface area contributed by atoms with Crippen LogP contribution in [0.25, 0.3) is 5.76 Å². The summed E-state index contributed by atoms with van der Waals surface area (Å²) >= 11 is 3.38. The average molecular weight is 490 g/mol. The lowest BCUT2D eigenvalue weighted by atomic mass is 9.96. The van der Waals surface area contributed by atoms with Crippen LogP contribution in [-0.4, -0.2) is 28.9 Å². The number of hydrogen-bond donors (Lipinski definition) is 1. The van der Waals surface area contributed by atoms with Crippen LogP contribution in [0.4, 0.5) is 5.69 Å². The summed E-state index contributed by atoms with van der Waals surface area (Å²) < 4.78 is 5.81. The lowest BCUT2D eigenvalue weighted by Crippen LogP contribution is -2.29. The highest BCUT2D eigenvalue weighted by Crippen LogP contribution is 2.42. The molecule has 0 spiro atoms. The van der Waals surface area contributed by atoms with Crippen LogP contribution in [0.1, 0.15) is 22.7 Å². The van der Waals surface area contributed by atoms with Gasteiger partial charge in [-0.3, -0.25) is 19.5 Å². The van der Waals surface area contributed by atoms with Gasteiger partial charge in [-0.25, -0.2) is 0 Å². The number of aliphatic hydroxyl groups is 1. The number of rotatable bonds is 4. The van der Waals surface area contributed by atoms with Gasteiger partial charge >= 0.3 is 0 Å². The molecule has 1 aromatic heterocycles. The van der Waals surface area contributed by atoms with Crippen molar-refractivity contribution in [3.05, 3.63) is 93.7 Å². The summed E-state index contributed by atoms with van der Waals surface area (Å²) in [5, 5.41) is 20.2. The number of ether oxygens (including phenoxy) is 1. The van der Waals surface area contributed by atoms with Crippen LogP contribution >= 0.6 is 15.9 Å². The van der Waals surface area contributed by atoms with Crippen LogP contribution in [0.5, 0.6) is 5.75 Å². The molecule has 1 aliphatic heterocycles. The Balaban J connectivity index is 1.91. The summed E-state index contributed by atoms with van der Waals surface area (Å²) in [6.45, 7) is 0. The van der Waals surface area contributed by atoms with Crippen LogP contribution in [0, 0.1) is 11.3 Å². The Kier molecular flexibility index (Phi) is 5.75. The van der Waals surface area contributed by atoms with Crippen molar-refractivity contribution >= 4 is 39.1 Å². The summed E-state index contributed by atoms with van der Waals surface area (Å²) in [6.07, 6.45) is 3.13. The fourth-order valence-electron chi connectivity index (χ4n) is 3.62. The third-order valence-corrected chi connectivity index (χ3v) is 5.76. The van der Waals surface area contributed by atoms with Crippen LogP contribution in [0.15, 0.2) is 77.0 Å². The molecule has 158 valence electrons. The van der Waals surface area contributed by atoms with Gasteiger partial charge in [0, 0.05) is 23.6 Å². The Labute approximate surface area is 192 Å². The van der Waals surface area contributed by atoms with Crippen molar-refractivity contribution in [3.63, 3.8) is 0 Å². The summed E-state index contributed by atoms with van der Waals surface area (Å²) in [5.74, 6) is -1.34. The molecule has 1 saturated heterocycles. The van der Waals surface area contributed by atoms with E-state index in [9.17, 15) is 14.7 Å².